The SMILES string of the molecule is COC(=O)CCCS(=O)(=O)NC1(C)CCS(=O)(=O)C1. The summed E-state index contributed by atoms with van der Waals surface area (Å²) in [7, 11) is -5.53. The average molecular weight is 313 g/mol. The van der Waals surface area contributed by atoms with Crippen molar-refractivity contribution in [1.82, 2.24) is 4.72 Å². The number of hydrogen-bond acceptors (Lipinski definition) is 6. The fourth-order valence-corrected chi connectivity index (χ4v) is 5.76. The second-order valence-corrected chi connectivity index (χ2v) is 9.03. The lowest BCUT2D eigenvalue weighted by atomic mass is 10.0. The van der Waals surface area contributed by atoms with Crippen LogP contribution in [0.2, 0.25) is 0 Å². The molecule has 0 aromatic carbocycles. The van der Waals surface area contributed by atoms with E-state index in [0.717, 1.165) is 0 Å². The molecule has 19 heavy (non-hydrogen) atoms. The minimum Gasteiger partial charge on any atom is -0.469 e. The first-order chi connectivity index (χ1) is 8.58. The summed E-state index contributed by atoms with van der Waals surface area (Å²) < 4.78 is 53.2. The summed E-state index contributed by atoms with van der Waals surface area (Å²) in [6.07, 6.45) is 0.433. The molecule has 1 saturated heterocycles. The molecule has 1 heterocycles. The van der Waals surface area contributed by atoms with Crippen LogP contribution in [-0.2, 0) is 29.4 Å². The highest BCUT2D eigenvalue weighted by atomic mass is 32.2. The van der Waals surface area contributed by atoms with E-state index in [9.17, 15) is 21.6 Å². The molecule has 0 aliphatic carbocycles. The van der Waals surface area contributed by atoms with Crippen LogP contribution in [0.15, 0.2) is 0 Å². The number of esters is 1. The number of ether oxygens (including phenoxy) is 1. The predicted molar refractivity (Wildman–Crippen MR) is 69.8 cm³/mol. The van der Waals surface area contributed by atoms with E-state index in [2.05, 4.69) is 9.46 Å². The lowest BCUT2D eigenvalue weighted by Gasteiger charge is -2.23. The van der Waals surface area contributed by atoms with E-state index >= 15 is 0 Å². The Kier molecular flexibility index (Phi) is 4.97. The van der Waals surface area contributed by atoms with Crippen molar-refractivity contribution in [2.75, 3.05) is 24.4 Å². The van der Waals surface area contributed by atoms with Crippen LogP contribution in [0.1, 0.15) is 26.2 Å². The second kappa shape index (κ2) is 5.76. The average Bonchev–Trinajstić information content (AvgIpc) is 2.50. The molecule has 0 spiro atoms. The largest absolute Gasteiger partial charge is 0.469 e. The first kappa shape index (κ1) is 16.4. The van der Waals surface area contributed by atoms with Crippen LogP contribution in [0.4, 0.5) is 0 Å². The molecule has 1 rings (SSSR count). The van der Waals surface area contributed by atoms with E-state index in [4.69, 9.17) is 0 Å². The summed E-state index contributed by atoms with van der Waals surface area (Å²) in [6, 6.07) is 0. The van der Waals surface area contributed by atoms with Crippen molar-refractivity contribution in [2.24, 2.45) is 0 Å². The Hall–Kier alpha value is -0.670. The van der Waals surface area contributed by atoms with Crippen LogP contribution >= 0.6 is 0 Å². The Morgan fingerprint density at radius 3 is 2.53 bits per heavy atom. The monoisotopic (exact) mass is 313 g/mol. The Balaban J connectivity index is 2.53. The van der Waals surface area contributed by atoms with Crippen molar-refractivity contribution in [1.29, 1.82) is 0 Å². The molecule has 0 radical (unpaired) electrons. The van der Waals surface area contributed by atoms with Gasteiger partial charge in [-0.15, -0.1) is 0 Å². The number of rotatable bonds is 6. The van der Waals surface area contributed by atoms with Gasteiger partial charge in [0.25, 0.3) is 0 Å². The maximum Gasteiger partial charge on any atom is 0.305 e. The summed E-state index contributed by atoms with van der Waals surface area (Å²) in [4.78, 5) is 10.9. The summed E-state index contributed by atoms with van der Waals surface area (Å²) in [6.45, 7) is 1.58. The van der Waals surface area contributed by atoms with Crippen LogP contribution < -0.4 is 4.72 Å². The normalized spacial score (nSPS) is 26.2. The van der Waals surface area contributed by atoms with Gasteiger partial charge in [-0.25, -0.2) is 21.6 Å². The van der Waals surface area contributed by atoms with Gasteiger partial charge in [-0.3, -0.25) is 4.79 Å². The first-order valence-electron chi connectivity index (χ1n) is 5.86. The first-order valence-corrected chi connectivity index (χ1v) is 9.34. The number of carbonyl (C=O) groups excluding carboxylic acids is 1. The molecule has 1 N–H and O–H groups in total. The van der Waals surface area contributed by atoms with Gasteiger partial charge in [0.2, 0.25) is 10.0 Å². The molecule has 0 bridgehead atoms. The van der Waals surface area contributed by atoms with Gasteiger partial charge in [0.15, 0.2) is 9.84 Å². The molecule has 112 valence electrons. The van der Waals surface area contributed by atoms with Crippen LogP contribution in [-0.4, -0.2) is 52.7 Å². The lowest BCUT2D eigenvalue weighted by molar-refractivity contribution is -0.140. The van der Waals surface area contributed by atoms with Crippen molar-refractivity contribution in [3.63, 3.8) is 0 Å². The van der Waals surface area contributed by atoms with Crippen LogP contribution in [0.3, 0.4) is 0 Å². The molecule has 1 unspecified atom stereocenters. The van der Waals surface area contributed by atoms with Crippen LogP contribution in [0.5, 0.6) is 0 Å². The number of carbonyl (C=O) groups is 1. The van der Waals surface area contributed by atoms with Crippen LogP contribution in [0, 0.1) is 0 Å². The van der Waals surface area contributed by atoms with Gasteiger partial charge in [0.1, 0.15) is 0 Å². The molecule has 0 saturated carbocycles. The van der Waals surface area contributed by atoms with Gasteiger partial charge in [-0.1, -0.05) is 0 Å². The van der Waals surface area contributed by atoms with Gasteiger partial charge < -0.3 is 4.74 Å². The Morgan fingerprint density at radius 2 is 2.05 bits per heavy atom. The zero-order chi connectivity index (χ0) is 14.7. The molecule has 9 heteroatoms. The highest BCUT2D eigenvalue weighted by Crippen LogP contribution is 2.23. The highest BCUT2D eigenvalue weighted by molar-refractivity contribution is 7.92. The van der Waals surface area contributed by atoms with Gasteiger partial charge in [0, 0.05) is 12.0 Å². The van der Waals surface area contributed by atoms with E-state index in [0.29, 0.717) is 0 Å². The third kappa shape index (κ3) is 5.45. The topological polar surface area (TPSA) is 107 Å². The molecule has 1 fully saturated rings. The summed E-state index contributed by atoms with van der Waals surface area (Å²) in [5, 5.41) is 0. The van der Waals surface area contributed by atoms with Crippen molar-refractivity contribution in [3.8, 4) is 0 Å². The van der Waals surface area contributed by atoms with E-state index < -0.39 is 31.4 Å². The Morgan fingerprint density at radius 1 is 1.42 bits per heavy atom. The molecule has 1 atom stereocenters. The fraction of sp³-hybridized carbons (Fsp3) is 0.900. The van der Waals surface area contributed by atoms with Gasteiger partial charge in [-0.2, -0.15) is 0 Å². The molecule has 0 aromatic heterocycles. The smallest absolute Gasteiger partial charge is 0.305 e. The molecule has 1 aliphatic rings. The van der Waals surface area contributed by atoms with Crippen molar-refractivity contribution < 1.29 is 26.4 Å². The fourth-order valence-electron chi connectivity index (χ4n) is 2.03. The lowest BCUT2D eigenvalue weighted by Crippen LogP contribution is -2.47. The van der Waals surface area contributed by atoms with E-state index in [1.165, 1.54) is 7.11 Å². The number of nitrogens with one attached hydrogen (secondary N) is 1. The minimum atomic E-state index is -3.60. The Labute approximate surface area is 113 Å². The maximum absolute atomic E-state index is 11.8. The molecular formula is C10H19NO6S2. The standard InChI is InChI=1S/C10H19NO6S2/c1-10(5-7-18(13,14)8-10)11-19(15,16)6-3-4-9(12)17-2/h11H,3-8H2,1-2H3. The third-order valence-corrected chi connectivity index (χ3v) is 6.46. The van der Waals surface area contributed by atoms with Gasteiger partial charge >= 0.3 is 5.97 Å². The van der Waals surface area contributed by atoms with E-state index in [-0.39, 0.29) is 36.5 Å². The quantitative estimate of drug-likeness (QED) is 0.659. The summed E-state index contributed by atoms with van der Waals surface area (Å²) >= 11 is 0. The molecule has 1 aliphatic heterocycles. The molecule has 0 amide bonds. The van der Waals surface area contributed by atoms with Crippen molar-refractivity contribution in [2.45, 2.75) is 31.7 Å². The molecular weight excluding hydrogens is 294 g/mol. The van der Waals surface area contributed by atoms with Crippen molar-refractivity contribution >= 4 is 25.8 Å². The molecule has 0 aromatic rings. The minimum absolute atomic E-state index is 0.00577. The predicted octanol–water partition coefficient (Wildman–Crippen LogP) is -0.564. The van der Waals surface area contributed by atoms with Gasteiger partial charge in [0.05, 0.1) is 24.4 Å². The Bertz CT molecular complexity index is 538. The number of hydrogen-bond donors (Lipinski definition) is 1. The molecule has 7 nitrogen and oxygen atoms in total. The van der Waals surface area contributed by atoms with E-state index in [1.54, 1.807) is 6.92 Å². The summed E-state index contributed by atoms with van der Waals surface area (Å²) in [5.41, 5.74) is -0.942. The van der Waals surface area contributed by atoms with Crippen molar-refractivity contribution in [3.05, 3.63) is 0 Å². The highest BCUT2D eigenvalue weighted by Gasteiger charge is 2.40. The van der Waals surface area contributed by atoms with E-state index in [1.807, 2.05) is 0 Å². The summed E-state index contributed by atoms with van der Waals surface area (Å²) in [5.74, 6) is -0.882. The zero-order valence-corrected chi connectivity index (χ0v) is 12.6. The van der Waals surface area contributed by atoms with Gasteiger partial charge in [-0.05, 0) is 19.8 Å². The number of sulfonamides is 1. The number of sulfone groups is 1. The number of methoxy groups -OCH3 is 1. The maximum atomic E-state index is 11.8. The second-order valence-electron chi connectivity index (χ2n) is 5.00. The zero-order valence-electron chi connectivity index (χ0n) is 11.0. The third-order valence-electron chi connectivity index (χ3n) is 2.93. The van der Waals surface area contributed by atoms with Crippen LogP contribution in [0.25, 0.3) is 0 Å².